The second-order valence-corrected chi connectivity index (χ2v) is 9.91. The number of aromatic amines is 1. The Bertz CT molecular complexity index is 1260. The van der Waals surface area contributed by atoms with E-state index in [2.05, 4.69) is 57.1 Å². The highest BCUT2D eigenvalue weighted by molar-refractivity contribution is 9.10. The van der Waals surface area contributed by atoms with Crippen LogP contribution in [0.5, 0.6) is 0 Å². The first-order valence-corrected chi connectivity index (χ1v) is 13.2. The zero-order valence-corrected chi connectivity index (χ0v) is 21.5. The molecule has 1 unspecified atom stereocenters. The van der Waals surface area contributed by atoms with Gasteiger partial charge in [0.05, 0.1) is 11.7 Å². The van der Waals surface area contributed by atoms with Crippen molar-refractivity contribution in [3.63, 3.8) is 0 Å². The van der Waals surface area contributed by atoms with Gasteiger partial charge in [0.1, 0.15) is 11.5 Å². The van der Waals surface area contributed by atoms with Crippen LogP contribution < -0.4 is 0 Å². The minimum absolute atomic E-state index is 0.0681. The number of fused-ring (bicyclic) bond motifs is 1. The SMILES string of the molecule is CCCCCn1nc(-c2ccccc2)c2c1C(=O)N(CCCc1ncc[nH]1)C2c1ccc(Br)cc1. The number of nitrogens with one attached hydrogen (secondary N) is 1. The lowest BCUT2D eigenvalue weighted by Crippen LogP contribution is -2.31. The number of benzene rings is 2. The quantitative estimate of drug-likeness (QED) is 0.240. The van der Waals surface area contributed by atoms with E-state index in [1.165, 1.54) is 0 Å². The first kappa shape index (κ1) is 23.5. The van der Waals surface area contributed by atoms with Crippen molar-refractivity contribution in [3.8, 4) is 11.3 Å². The topological polar surface area (TPSA) is 66.8 Å². The number of unbranched alkanes of at least 4 members (excludes halogenated alkanes) is 2. The van der Waals surface area contributed by atoms with Crippen molar-refractivity contribution in [1.82, 2.24) is 24.6 Å². The smallest absolute Gasteiger partial charge is 0.273 e. The molecule has 1 aliphatic heterocycles. The molecule has 35 heavy (non-hydrogen) atoms. The lowest BCUT2D eigenvalue weighted by atomic mass is 9.96. The first-order valence-electron chi connectivity index (χ1n) is 12.4. The number of nitrogens with zero attached hydrogens (tertiary/aromatic N) is 4. The van der Waals surface area contributed by atoms with Gasteiger partial charge in [-0.2, -0.15) is 5.10 Å². The fraction of sp³-hybridized carbons (Fsp3) is 0.321. The third-order valence-corrected chi connectivity index (χ3v) is 7.14. The van der Waals surface area contributed by atoms with Gasteiger partial charge in [-0.15, -0.1) is 0 Å². The largest absolute Gasteiger partial charge is 0.349 e. The van der Waals surface area contributed by atoms with Gasteiger partial charge in [-0.25, -0.2) is 4.98 Å². The predicted octanol–water partition coefficient (Wildman–Crippen LogP) is 6.40. The number of aromatic nitrogens is 4. The van der Waals surface area contributed by atoms with Crippen LogP contribution in [0.1, 0.15) is 66.1 Å². The van der Waals surface area contributed by atoms with E-state index < -0.39 is 0 Å². The van der Waals surface area contributed by atoms with Gasteiger partial charge in [-0.1, -0.05) is 78.2 Å². The molecule has 0 aliphatic carbocycles. The van der Waals surface area contributed by atoms with Gasteiger partial charge in [0.25, 0.3) is 5.91 Å². The van der Waals surface area contributed by atoms with Crippen LogP contribution in [0.2, 0.25) is 0 Å². The molecule has 1 amide bonds. The highest BCUT2D eigenvalue weighted by Gasteiger charge is 2.43. The Labute approximate surface area is 214 Å². The Hall–Kier alpha value is -3.19. The Morgan fingerprint density at radius 3 is 2.51 bits per heavy atom. The monoisotopic (exact) mass is 531 g/mol. The molecular formula is C28H30BrN5O. The summed E-state index contributed by atoms with van der Waals surface area (Å²) in [5.74, 6) is 1.02. The van der Waals surface area contributed by atoms with Gasteiger partial charge in [0, 0.05) is 47.5 Å². The first-order chi connectivity index (χ1) is 17.2. The number of hydrogen-bond acceptors (Lipinski definition) is 3. The van der Waals surface area contributed by atoms with Crippen molar-refractivity contribution in [2.75, 3.05) is 6.54 Å². The predicted molar refractivity (Wildman–Crippen MR) is 141 cm³/mol. The standard InChI is InChI=1S/C28H30BrN5O/c1-2-3-7-19-34-27-24(25(32-34)20-9-5-4-6-10-20)26(21-12-14-22(29)15-13-21)33(28(27)35)18-8-11-23-30-16-17-31-23/h4-6,9-10,12-17,26H,2-3,7-8,11,18-19H2,1H3,(H,30,31). The van der Waals surface area contributed by atoms with E-state index in [4.69, 9.17) is 5.10 Å². The summed E-state index contributed by atoms with van der Waals surface area (Å²) in [6, 6.07) is 18.4. The fourth-order valence-electron chi connectivity index (χ4n) is 4.93. The number of aryl methyl sites for hydroxylation is 2. The molecule has 0 bridgehead atoms. The Morgan fingerprint density at radius 1 is 1.00 bits per heavy atom. The number of amides is 1. The molecule has 0 radical (unpaired) electrons. The molecule has 5 rings (SSSR count). The minimum atomic E-state index is -0.169. The van der Waals surface area contributed by atoms with Crippen molar-refractivity contribution < 1.29 is 4.79 Å². The maximum absolute atomic E-state index is 14.0. The molecule has 1 N–H and O–H groups in total. The zero-order valence-electron chi connectivity index (χ0n) is 20.0. The van der Waals surface area contributed by atoms with E-state index >= 15 is 0 Å². The van der Waals surface area contributed by atoms with Crippen molar-refractivity contribution in [1.29, 1.82) is 0 Å². The van der Waals surface area contributed by atoms with Gasteiger partial charge in [0.2, 0.25) is 0 Å². The highest BCUT2D eigenvalue weighted by Crippen LogP contribution is 2.44. The Balaban J connectivity index is 1.57. The fourth-order valence-corrected chi connectivity index (χ4v) is 5.19. The van der Waals surface area contributed by atoms with Crippen LogP contribution >= 0.6 is 15.9 Å². The summed E-state index contributed by atoms with van der Waals surface area (Å²) in [5, 5.41) is 5.02. The van der Waals surface area contributed by atoms with Crippen molar-refractivity contribution in [3.05, 3.63) is 94.1 Å². The van der Waals surface area contributed by atoms with Crippen LogP contribution in [0, 0.1) is 0 Å². The van der Waals surface area contributed by atoms with Crippen molar-refractivity contribution in [2.45, 2.75) is 51.6 Å². The number of halogens is 1. The Morgan fingerprint density at radius 2 is 1.80 bits per heavy atom. The lowest BCUT2D eigenvalue weighted by Gasteiger charge is -2.26. The van der Waals surface area contributed by atoms with E-state index in [1.807, 2.05) is 46.1 Å². The minimum Gasteiger partial charge on any atom is -0.349 e. The molecule has 3 heterocycles. The van der Waals surface area contributed by atoms with E-state index in [9.17, 15) is 4.79 Å². The molecule has 0 fully saturated rings. The lowest BCUT2D eigenvalue weighted by molar-refractivity contribution is 0.0736. The second-order valence-electron chi connectivity index (χ2n) is 9.00. The maximum atomic E-state index is 14.0. The number of rotatable bonds is 10. The van der Waals surface area contributed by atoms with Crippen molar-refractivity contribution >= 4 is 21.8 Å². The van der Waals surface area contributed by atoms with Crippen LogP contribution in [0.3, 0.4) is 0 Å². The second kappa shape index (κ2) is 10.6. The van der Waals surface area contributed by atoms with E-state index in [0.717, 1.165) is 77.0 Å². The van der Waals surface area contributed by atoms with E-state index in [1.54, 1.807) is 6.20 Å². The summed E-state index contributed by atoms with van der Waals surface area (Å²) < 4.78 is 2.99. The number of carbonyl (C=O) groups excluding carboxylic acids is 1. The summed E-state index contributed by atoms with van der Waals surface area (Å²) >= 11 is 3.56. The van der Waals surface area contributed by atoms with Crippen LogP contribution in [-0.2, 0) is 13.0 Å². The van der Waals surface area contributed by atoms with Gasteiger partial charge in [-0.3, -0.25) is 9.48 Å². The van der Waals surface area contributed by atoms with Crippen LogP contribution in [0.25, 0.3) is 11.3 Å². The molecule has 6 nitrogen and oxygen atoms in total. The molecule has 7 heteroatoms. The number of hydrogen-bond donors (Lipinski definition) is 1. The molecule has 2 aromatic carbocycles. The third kappa shape index (κ3) is 4.82. The normalized spacial score (nSPS) is 15.1. The molecule has 1 aliphatic rings. The average molecular weight is 532 g/mol. The molecule has 0 saturated heterocycles. The summed E-state index contributed by atoms with van der Waals surface area (Å²) in [7, 11) is 0. The molecule has 180 valence electrons. The molecule has 4 aromatic rings. The van der Waals surface area contributed by atoms with Crippen LogP contribution in [0.15, 0.2) is 71.5 Å². The Kier molecular flexibility index (Phi) is 7.13. The zero-order chi connectivity index (χ0) is 24.2. The van der Waals surface area contributed by atoms with Crippen LogP contribution in [0.4, 0.5) is 0 Å². The third-order valence-electron chi connectivity index (χ3n) is 6.61. The summed E-state index contributed by atoms with van der Waals surface area (Å²) in [4.78, 5) is 23.5. The van der Waals surface area contributed by atoms with Gasteiger partial charge >= 0.3 is 0 Å². The van der Waals surface area contributed by atoms with Crippen molar-refractivity contribution in [2.24, 2.45) is 0 Å². The van der Waals surface area contributed by atoms with E-state index in [0.29, 0.717) is 6.54 Å². The molecule has 0 spiro atoms. The van der Waals surface area contributed by atoms with Gasteiger partial charge in [-0.05, 0) is 30.5 Å². The van der Waals surface area contributed by atoms with Gasteiger partial charge < -0.3 is 9.88 Å². The number of H-pyrrole nitrogens is 1. The molecule has 0 saturated carbocycles. The molecule has 2 aromatic heterocycles. The summed E-state index contributed by atoms with van der Waals surface area (Å²) in [6.45, 7) is 3.60. The molecule has 1 atom stereocenters. The van der Waals surface area contributed by atoms with Gasteiger partial charge in [0.15, 0.2) is 0 Å². The van der Waals surface area contributed by atoms with Crippen LogP contribution in [-0.4, -0.2) is 37.1 Å². The average Bonchev–Trinajstić information content (AvgIpc) is 3.59. The summed E-state index contributed by atoms with van der Waals surface area (Å²) in [6.07, 6.45) is 8.50. The summed E-state index contributed by atoms with van der Waals surface area (Å²) in [5.41, 5.74) is 4.82. The highest BCUT2D eigenvalue weighted by atomic mass is 79.9. The maximum Gasteiger partial charge on any atom is 0.273 e. The number of imidazole rings is 1. The van der Waals surface area contributed by atoms with E-state index in [-0.39, 0.29) is 11.9 Å². The number of carbonyl (C=O) groups is 1. The molecular weight excluding hydrogens is 502 g/mol.